The van der Waals surface area contributed by atoms with E-state index < -0.39 is 17.4 Å². The maximum absolute atomic E-state index is 13.7. The van der Waals surface area contributed by atoms with Crippen LogP contribution in [0.2, 0.25) is 0 Å². The van der Waals surface area contributed by atoms with Crippen LogP contribution in [-0.2, 0) is 16.0 Å². The second kappa shape index (κ2) is 6.68. The monoisotopic (exact) mass is 423 g/mol. The summed E-state index contributed by atoms with van der Waals surface area (Å²) < 4.78 is 14.4. The molecule has 0 fully saturated rings. The van der Waals surface area contributed by atoms with E-state index in [9.17, 15) is 14.0 Å². The fraction of sp³-hybridized carbons (Fsp3) is 0.474. The van der Waals surface area contributed by atoms with Gasteiger partial charge in [0, 0.05) is 27.9 Å². The molecule has 5 nitrogen and oxygen atoms in total. The van der Waals surface area contributed by atoms with Gasteiger partial charge in [-0.1, -0.05) is 20.8 Å². The van der Waals surface area contributed by atoms with Gasteiger partial charge in [0.2, 0.25) is 11.8 Å². The van der Waals surface area contributed by atoms with Gasteiger partial charge in [-0.2, -0.15) is 0 Å². The molecule has 4 N–H and O–H groups in total. The van der Waals surface area contributed by atoms with Crippen LogP contribution in [0, 0.1) is 11.2 Å². The summed E-state index contributed by atoms with van der Waals surface area (Å²) in [5, 5.41) is 3.63. The number of benzene rings is 1. The van der Waals surface area contributed by atoms with E-state index in [2.05, 4.69) is 26.2 Å². The molecule has 2 amide bonds. The lowest BCUT2D eigenvalue weighted by Crippen LogP contribution is -2.52. The number of halogens is 2. The second-order valence-corrected chi connectivity index (χ2v) is 8.89. The van der Waals surface area contributed by atoms with E-state index in [4.69, 9.17) is 5.73 Å². The average Bonchev–Trinajstić information content (AvgIpc) is 3.04. The van der Waals surface area contributed by atoms with Crippen molar-refractivity contribution in [2.75, 3.05) is 0 Å². The Labute approximate surface area is 160 Å². The molecule has 26 heavy (non-hydrogen) atoms. The molecule has 2 atom stereocenters. The van der Waals surface area contributed by atoms with E-state index in [1.807, 2.05) is 20.8 Å². The van der Waals surface area contributed by atoms with E-state index in [1.54, 1.807) is 0 Å². The molecule has 0 spiro atoms. The third-order valence-corrected chi connectivity index (χ3v) is 5.63. The number of nitrogens with two attached hydrogens (primary N) is 1. The summed E-state index contributed by atoms with van der Waals surface area (Å²) in [4.78, 5) is 27.5. The summed E-state index contributed by atoms with van der Waals surface area (Å²) >= 11 is 3.39. The first kappa shape index (κ1) is 18.9. The van der Waals surface area contributed by atoms with Gasteiger partial charge in [-0.05, 0) is 51.9 Å². The standard InChI is InChI=1S/C19H23BrFN3O2/c1-19(2,3)17(18(22)26)23-14(25)6-9-4-5-11-12-7-10(21)8-13(20)16(12)24-15(9)11/h7-9,17,24H,4-6H2,1-3H3,(H2,22,26)(H,23,25). The highest BCUT2D eigenvalue weighted by atomic mass is 79.9. The number of carbonyl (C=O) groups is 2. The second-order valence-electron chi connectivity index (χ2n) is 8.04. The molecule has 1 heterocycles. The lowest BCUT2D eigenvalue weighted by atomic mass is 9.86. The van der Waals surface area contributed by atoms with Gasteiger partial charge in [-0.15, -0.1) is 0 Å². The van der Waals surface area contributed by atoms with Crippen molar-refractivity contribution in [2.45, 2.75) is 52.0 Å². The van der Waals surface area contributed by atoms with Gasteiger partial charge in [-0.3, -0.25) is 9.59 Å². The lowest BCUT2D eigenvalue weighted by molar-refractivity contribution is -0.130. The number of amides is 2. The van der Waals surface area contributed by atoms with E-state index >= 15 is 0 Å². The molecule has 3 rings (SSSR count). The largest absolute Gasteiger partial charge is 0.368 e. The molecule has 1 aliphatic carbocycles. The molecule has 2 unspecified atom stereocenters. The van der Waals surface area contributed by atoms with E-state index in [1.165, 1.54) is 12.1 Å². The van der Waals surface area contributed by atoms with Crippen LogP contribution in [0.3, 0.4) is 0 Å². The van der Waals surface area contributed by atoms with Crippen LogP contribution >= 0.6 is 15.9 Å². The zero-order chi connectivity index (χ0) is 19.2. The number of aromatic amines is 1. The quantitative estimate of drug-likeness (QED) is 0.702. The van der Waals surface area contributed by atoms with Gasteiger partial charge in [-0.25, -0.2) is 4.39 Å². The van der Waals surface area contributed by atoms with Crippen LogP contribution in [-0.4, -0.2) is 22.8 Å². The Morgan fingerprint density at radius 2 is 2.12 bits per heavy atom. The zero-order valence-corrected chi connectivity index (χ0v) is 16.7. The minimum Gasteiger partial charge on any atom is -0.368 e. The number of aryl methyl sites for hydroxylation is 1. The highest BCUT2D eigenvalue weighted by Crippen LogP contribution is 2.41. The summed E-state index contributed by atoms with van der Waals surface area (Å²) in [5.41, 5.74) is 7.89. The van der Waals surface area contributed by atoms with Crippen LogP contribution in [0.25, 0.3) is 10.9 Å². The fourth-order valence-corrected chi connectivity index (χ4v) is 4.27. The third-order valence-electron chi connectivity index (χ3n) is 5.00. The smallest absolute Gasteiger partial charge is 0.240 e. The molecular weight excluding hydrogens is 401 g/mol. The minimum atomic E-state index is -0.721. The molecule has 0 radical (unpaired) electrons. The Balaban J connectivity index is 1.81. The van der Waals surface area contributed by atoms with Crippen LogP contribution in [0.5, 0.6) is 0 Å². The first-order chi connectivity index (χ1) is 12.1. The Kier molecular flexibility index (Phi) is 4.86. The number of fused-ring (bicyclic) bond motifs is 3. The summed E-state index contributed by atoms with van der Waals surface area (Å²) in [5.74, 6) is -1.02. The summed E-state index contributed by atoms with van der Waals surface area (Å²) in [7, 11) is 0. The molecule has 1 aromatic heterocycles. The molecule has 0 saturated carbocycles. The molecule has 1 aliphatic rings. The van der Waals surface area contributed by atoms with E-state index in [0.29, 0.717) is 4.47 Å². The number of hydrogen-bond donors (Lipinski definition) is 3. The molecular formula is C19H23BrFN3O2. The predicted octanol–water partition coefficient (Wildman–Crippen LogP) is 3.51. The van der Waals surface area contributed by atoms with Gasteiger partial charge in [0.15, 0.2) is 0 Å². The summed E-state index contributed by atoms with van der Waals surface area (Å²) in [6.07, 6.45) is 1.87. The average molecular weight is 424 g/mol. The highest BCUT2D eigenvalue weighted by Gasteiger charge is 2.33. The SMILES string of the molecule is CC(C)(C)C(NC(=O)CC1CCc2c1[nH]c1c(Br)cc(F)cc21)C(N)=O. The van der Waals surface area contributed by atoms with Crippen molar-refractivity contribution >= 4 is 38.6 Å². The molecule has 0 bridgehead atoms. The van der Waals surface area contributed by atoms with Crippen LogP contribution in [0.4, 0.5) is 4.39 Å². The number of hydrogen-bond acceptors (Lipinski definition) is 2. The van der Waals surface area contributed by atoms with Crippen molar-refractivity contribution in [3.63, 3.8) is 0 Å². The summed E-state index contributed by atoms with van der Waals surface area (Å²) in [6, 6.07) is 2.23. The van der Waals surface area contributed by atoms with Crippen molar-refractivity contribution in [3.8, 4) is 0 Å². The predicted molar refractivity (Wildman–Crippen MR) is 102 cm³/mol. The third kappa shape index (κ3) is 3.49. The van der Waals surface area contributed by atoms with Gasteiger partial charge in [0.1, 0.15) is 11.9 Å². The Morgan fingerprint density at radius 3 is 2.73 bits per heavy atom. The Bertz CT molecular complexity index is 885. The first-order valence-corrected chi connectivity index (χ1v) is 9.45. The lowest BCUT2D eigenvalue weighted by Gasteiger charge is -2.29. The maximum atomic E-state index is 13.7. The van der Waals surface area contributed by atoms with Crippen molar-refractivity contribution in [1.82, 2.24) is 10.3 Å². The molecule has 140 valence electrons. The van der Waals surface area contributed by atoms with Crippen molar-refractivity contribution < 1.29 is 14.0 Å². The molecule has 0 saturated heterocycles. The van der Waals surface area contributed by atoms with Gasteiger partial charge < -0.3 is 16.0 Å². The van der Waals surface area contributed by atoms with Gasteiger partial charge in [0.05, 0.1) is 5.52 Å². The number of carbonyl (C=O) groups excluding carboxylic acids is 2. The van der Waals surface area contributed by atoms with Crippen LogP contribution in [0.15, 0.2) is 16.6 Å². The van der Waals surface area contributed by atoms with Gasteiger partial charge in [0.25, 0.3) is 0 Å². The molecule has 0 aliphatic heterocycles. The molecule has 2 aromatic rings. The van der Waals surface area contributed by atoms with Gasteiger partial charge >= 0.3 is 0 Å². The Morgan fingerprint density at radius 1 is 1.42 bits per heavy atom. The van der Waals surface area contributed by atoms with Crippen molar-refractivity contribution in [1.29, 1.82) is 0 Å². The number of aromatic nitrogens is 1. The molecule has 7 heteroatoms. The van der Waals surface area contributed by atoms with Crippen LogP contribution in [0.1, 0.15) is 50.8 Å². The first-order valence-electron chi connectivity index (χ1n) is 8.66. The topological polar surface area (TPSA) is 88.0 Å². The Hall–Kier alpha value is -1.89. The summed E-state index contributed by atoms with van der Waals surface area (Å²) in [6.45, 7) is 5.58. The number of primary amides is 1. The normalized spacial score (nSPS) is 18.0. The number of nitrogens with one attached hydrogen (secondary N) is 2. The number of H-pyrrole nitrogens is 1. The van der Waals surface area contributed by atoms with E-state index in [0.717, 1.165) is 35.0 Å². The highest BCUT2D eigenvalue weighted by molar-refractivity contribution is 9.10. The minimum absolute atomic E-state index is 0.0147. The van der Waals surface area contributed by atoms with Crippen molar-refractivity contribution in [3.05, 3.63) is 33.7 Å². The van der Waals surface area contributed by atoms with E-state index in [-0.39, 0.29) is 24.1 Å². The fourth-order valence-electron chi connectivity index (χ4n) is 3.74. The maximum Gasteiger partial charge on any atom is 0.240 e. The zero-order valence-electron chi connectivity index (χ0n) is 15.1. The molecule has 1 aromatic carbocycles. The van der Waals surface area contributed by atoms with Crippen LogP contribution < -0.4 is 11.1 Å². The number of rotatable bonds is 4. The van der Waals surface area contributed by atoms with Crippen molar-refractivity contribution in [2.24, 2.45) is 11.1 Å².